The van der Waals surface area contributed by atoms with Gasteiger partial charge in [-0.3, -0.25) is 4.90 Å². The summed E-state index contributed by atoms with van der Waals surface area (Å²) in [7, 11) is 0. The Morgan fingerprint density at radius 1 is 1.29 bits per heavy atom. The van der Waals surface area contributed by atoms with E-state index in [1.54, 1.807) is 0 Å². The van der Waals surface area contributed by atoms with Gasteiger partial charge in [-0.05, 0) is 40.3 Å². The van der Waals surface area contributed by atoms with Crippen LogP contribution in [0.3, 0.4) is 0 Å². The van der Waals surface area contributed by atoms with Crippen molar-refractivity contribution in [2.45, 2.75) is 6.54 Å². The summed E-state index contributed by atoms with van der Waals surface area (Å²) in [5.74, 6) is 0. The fourth-order valence-electron chi connectivity index (χ4n) is 1.65. The summed E-state index contributed by atoms with van der Waals surface area (Å²) in [5, 5.41) is 0. The summed E-state index contributed by atoms with van der Waals surface area (Å²) in [5.41, 5.74) is 1.40. The lowest BCUT2D eigenvalue weighted by molar-refractivity contribution is 0.0342. The molecule has 14 heavy (non-hydrogen) atoms. The third-order valence-corrected chi connectivity index (χ3v) is 3.07. The average Bonchev–Trinajstić information content (AvgIpc) is 2.19. The standard InChI is InChI=1S/C11H14INO/c12-11-3-1-2-10(8-11)9-13-4-6-14-7-5-13/h1-3,8H,4-7,9H2. The van der Waals surface area contributed by atoms with E-state index in [4.69, 9.17) is 4.74 Å². The topological polar surface area (TPSA) is 12.5 Å². The maximum atomic E-state index is 5.32. The van der Waals surface area contributed by atoms with Gasteiger partial charge < -0.3 is 4.74 Å². The number of benzene rings is 1. The summed E-state index contributed by atoms with van der Waals surface area (Å²) < 4.78 is 6.63. The van der Waals surface area contributed by atoms with Crippen LogP contribution in [0.2, 0.25) is 0 Å². The SMILES string of the molecule is Ic1cccc(CN2CCOCC2)c1. The fraction of sp³-hybridized carbons (Fsp3) is 0.455. The van der Waals surface area contributed by atoms with Crippen molar-refractivity contribution >= 4 is 22.6 Å². The van der Waals surface area contributed by atoms with E-state index in [1.807, 2.05) is 0 Å². The molecule has 0 spiro atoms. The molecule has 2 nitrogen and oxygen atoms in total. The molecular weight excluding hydrogens is 289 g/mol. The molecule has 0 saturated carbocycles. The second kappa shape index (κ2) is 5.09. The summed E-state index contributed by atoms with van der Waals surface area (Å²) >= 11 is 2.36. The molecule has 0 unspecified atom stereocenters. The van der Waals surface area contributed by atoms with Gasteiger partial charge in [-0.15, -0.1) is 0 Å². The van der Waals surface area contributed by atoms with Gasteiger partial charge in [0.1, 0.15) is 0 Å². The van der Waals surface area contributed by atoms with Crippen molar-refractivity contribution in [2.75, 3.05) is 26.3 Å². The van der Waals surface area contributed by atoms with E-state index in [0.717, 1.165) is 32.8 Å². The Bertz CT molecular complexity index is 297. The summed E-state index contributed by atoms with van der Waals surface area (Å²) in [4.78, 5) is 2.44. The van der Waals surface area contributed by atoms with Gasteiger partial charge in [-0.2, -0.15) is 0 Å². The highest BCUT2D eigenvalue weighted by Crippen LogP contribution is 2.11. The number of nitrogens with zero attached hydrogens (tertiary/aromatic N) is 1. The molecule has 0 bridgehead atoms. The number of hydrogen-bond donors (Lipinski definition) is 0. The Morgan fingerprint density at radius 3 is 2.79 bits per heavy atom. The Hall–Kier alpha value is -0.130. The Morgan fingerprint density at radius 2 is 2.07 bits per heavy atom. The molecule has 1 aliphatic rings. The second-order valence-electron chi connectivity index (χ2n) is 3.52. The minimum atomic E-state index is 0.879. The Balaban J connectivity index is 1.95. The number of rotatable bonds is 2. The highest BCUT2D eigenvalue weighted by molar-refractivity contribution is 14.1. The first kappa shape index (κ1) is 10.4. The molecule has 0 aromatic heterocycles. The number of morpholine rings is 1. The van der Waals surface area contributed by atoms with Crippen molar-refractivity contribution in [3.8, 4) is 0 Å². The molecule has 76 valence electrons. The summed E-state index contributed by atoms with van der Waals surface area (Å²) in [6, 6.07) is 8.69. The summed E-state index contributed by atoms with van der Waals surface area (Å²) in [6.07, 6.45) is 0. The predicted molar refractivity (Wildman–Crippen MR) is 65.3 cm³/mol. The van der Waals surface area contributed by atoms with E-state index in [1.165, 1.54) is 9.13 Å². The highest BCUT2D eigenvalue weighted by Gasteiger charge is 2.10. The number of ether oxygens (including phenoxy) is 1. The van der Waals surface area contributed by atoms with Crippen LogP contribution in [0.4, 0.5) is 0 Å². The molecule has 3 heteroatoms. The maximum Gasteiger partial charge on any atom is 0.0594 e. The fourth-order valence-corrected chi connectivity index (χ4v) is 2.26. The molecule has 0 radical (unpaired) electrons. The minimum Gasteiger partial charge on any atom is -0.379 e. The van der Waals surface area contributed by atoms with Crippen molar-refractivity contribution in [2.24, 2.45) is 0 Å². The van der Waals surface area contributed by atoms with Crippen molar-refractivity contribution in [1.29, 1.82) is 0 Å². The molecule has 0 N–H and O–H groups in total. The smallest absolute Gasteiger partial charge is 0.0594 e. The van der Waals surface area contributed by atoms with Crippen LogP contribution in [-0.4, -0.2) is 31.2 Å². The predicted octanol–water partition coefficient (Wildman–Crippen LogP) is 2.12. The lowest BCUT2D eigenvalue weighted by atomic mass is 10.2. The van der Waals surface area contributed by atoms with Gasteiger partial charge in [0, 0.05) is 23.2 Å². The highest BCUT2D eigenvalue weighted by atomic mass is 127. The van der Waals surface area contributed by atoms with Gasteiger partial charge in [-0.25, -0.2) is 0 Å². The van der Waals surface area contributed by atoms with Gasteiger partial charge in [0.15, 0.2) is 0 Å². The zero-order chi connectivity index (χ0) is 9.80. The molecule has 1 heterocycles. The van der Waals surface area contributed by atoms with E-state index in [0.29, 0.717) is 0 Å². The van der Waals surface area contributed by atoms with E-state index >= 15 is 0 Å². The van der Waals surface area contributed by atoms with Crippen molar-refractivity contribution in [3.05, 3.63) is 33.4 Å². The Labute approximate surface area is 98.4 Å². The molecule has 0 amide bonds. The normalized spacial score (nSPS) is 18.4. The van der Waals surface area contributed by atoms with Crippen LogP contribution >= 0.6 is 22.6 Å². The van der Waals surface area contributed by atoms with Crippen LogP contribution in [-0.2, 0) is 11.3 Å². The molecule has 0 aliphatic carbocycles. The molecule has 0 atom stereocenters. The quantitative estimate of drug-likeness (QED) is 0.776. The monoisotopic (exact) mass is 303 g/mol. The largest absolute Gasteiger partial charge is 0.379 e. The first-order valence-corrected chi connectivity index (χ1v) is 5.97. The zero-order valence-corrected chi connectivity index (χ0v) is 10.2. The number of halogens is 1. The van der Waals surface area contributed by atoms with Crippen LogP contribution in [0.5, 0.6) is 0 Å². The summed E-state index contributed by atoms with van der Waals surface area (Å²) in [6.45, 7) is 4.94. The maximum absolute atomic E-state index is 5.32. The van der Waals surface area contributed by atoms with Gasteiger partial charge in [0.05, 0.1) is 13.2 Å². The van der Waals surface area contributed by atoms with Gasteiger partial charge in [0.25, 0.3) is 0 Å². The van der Waals surface area contributed by atoms with Gasteiger partial charge >= 0.3 is 0 Å². The van der Waals surface area contributed by atoms with E-state index in [2.05, 4.69) is 51.8 Å². The molecule has 1 saturated heterocycles. The van der Waals surface area contributed by atoms with E-state index < -0.39 is 0 Å². The molecule has 1 fully saturated rings. The van der Waals surface area contributed by atoms with Crippen LogP contribution in [0.15, 0.2) is 24.3 Å². The molecule has 1 aromatic rings. The van der Waals surface area contributed by atoms with Crippen LogP contribution in [0, 0.1) is 3.57 Å². The second-order valence-corrected chi connectivity index (χ2v) is 4.76. The Kier molecular flexibility index (Phi) is 3.78. The lowest BCUT2D eigenvalue weighted by Gasteiger charge is -2.26. The zero-order valence-electron chi connectivity index (χ0n) is 8.08. The average molecular weight is 303 g/mol. The molecule has 1 aromatic carbocycles. The van der Waals surface area contributed by atoms with Crippen molar-refractivity contribution in [3.63, 3.8) is 0 Å². The third kappa shape index (κ3) is 2.93. The lowest BCUT2D eigenvalue weighted by Crippen LogP contribution is -2.35. The van der Waals surface area contributed by atoms with E-state index in [9.17, 15) is 0 Å². The third-order valence-electron chi connectivity index (χ3n) is 2.40. The van der Waals surface area contributed by atoms with Crippen molar-refractivity contribution in [1.82, 2.24) is 4.90 Å². The number of hydrogen-bond acceptors (Lipinski definition) is 2. The first-order chi connectivity index (χ1) is 6.84. The van der Waals surface area contributed by atoms with Crippen LogP contribution < -0.4 is 0 Å². The molecule has 2 rings (SSSR count). The molecule has 1 aliphatic heterocycles. The van der Waals surface area contributed by atoms with Gasteiger partial charge in [-0.1, -0.05) is 12.1 Å². The van der Waals surface area contributed by atoms with Gasteiger partial charge in [0.2, 0.25) is 0 Å². The minimum absolute atomic E-state index is 0.879. The van der Waals surface area contributed by atoms with Crippen LogP contribution in [0.1, 0.15) is 5.56 Å². The van der Waals surface area contributed by atoms with E-state index in [-0.39, 0.29) is 0 Å². The van der Waals surface area contributed by atoms with Crippen LogP contribution in [0.25, 0.3) is 0 Å². The van der Waals surface area contributed by atoms with Crippen molar-refractivity contribution < 1.29 is 4.74 Å². The first-order valence-electron chi connectivity index (χ1n) is 4.89. The molecular formula is C11H14INO.